The van der Waals surface area contributed by atoms with Crippen molar-refractivity contribution in [1.29, 1.82) is 0 Å². The molecule has 3 rings (SSSR count). The van der Waals surface area contributed by atoms with Gasteiger partial charge < -0.3 is 10.4 Å². The summed E-state index contributed by atoms with van der Waals surface area (Å²) in [5.74, 6) is 0.126. The number of sulfonamides is 1. The lowest BCUT2D eigenvalue weighted by Crippen LogP contribution is -2.28. The van der Waals surface area contributed by atoms with Crippen molar-refractivity contribution in [2.75, 3.05) is 20.2 Å². The number of aliphatic hydroxyl groups is 1. The third-order valence-electron chi connectivity index (χ3n) is 4.96. The average Bonchev–Trinajstić information content (AvgIpc) is 2.67. The fourth-order valence-corrected chi connectivity index (χ4v) is 4.98. The number of halogens is 2. The van der Waals surface area contributed by atoms with E-state index in [9.17, 15) is 8.42 Å². The first-order valence-corrected chi connectivity index (χ1v) is 11.0. The summed E-state index contributed by atoms with van der Waals surface area (Å²) in [7, 11) is -1.78. The predicted octanol–water partition coefficient (Wildman–Crippen LogP) is 3.45. The molecule has 8 heteroatoms. The van der Waals surface area contributed by atoms with E-state index in [1.54, 1.807) is 18.2 Å². The van der Waals surface area contributed by atoms with Crippen molar-refractivity contribution in [2.45, 2.75) is 29.7 Å². The van der Waals surface area contributed by atoms with Gasteiger partial charge in [-0.25, -0.2) is 13.1 Å². The summed E-state index contributed by atoms with van der Waals surface area (Å²) in [6.07, 6.45) is 1.80. The minimum Gasteiger partial charge on any atom is -0.395 e. The van der Waals surface area contributed by atoms with Crippen LogP contribution in [0.15, 0.2) is 41.3 Å². The summed E-state index contributed by atoms with van der Waals surface area (Å²) in [6, 6.07) is 10.9. The molecule has 2 aromatic rings. The van der Waals surface area contributed by atoms with Crippen molar-refractivity contribution in [3.05, 3.63) is 63.1 Å². The van der Waals surface area contributed by atoms with Crippen LogP contribution in [-0.2, 0) is 10.0 Å². The van der Waals surface area contributed by atoms with E-state index in [4.69, 9.17) is 28.3 Å². The number of nitrogens with one attached hydrogen (secondary N) is 2. The van der Waals surface area contributed by atoms with Gasteiger partial charge >= 0.3 is 0 Å². The van der Waals surface area contributed by atoms with Crippen LogP contribution in [0, 0.1) is 0 Å². The molecular weight excluding hydrogens is 407 g/mol. The molecule has 3 N–H and O–H groups in total. The van der Waals surface area contributed by atoms with Crippen molar-refractivity contribution in [3.63, 3.8) is 0 Å². The van der Waals surface area contributed by atoms with Gasteiger partial charge in [-0.3, -0.25) is 0 Å². The van der Waals surface area contributed by atoms with E-state index in [1.165, 1.54) is 0 Å². The first-order valence-electron chi connectivity index (χ1n) is 8.74. The summed E-state index contributed by atoms with van der Waals surface area (Å²) in [6.45, 7) is -0.260. The zero-order valence-corrected chi connectivity index (χ0v) is 17.2. The van der Waals surface area contributed by atoms with E-state index in [-0.39, 0.29) is 30.0 Å². The van der Waals surface area contributed by atoms with Crippen LogP contribution in [0.25, 0.3) is 0 Å². The number of aliphatic hydroxyl groups excluding tert-OH is 1. The smallest absolute Gasteiger partial charge is 0.240 e. The van der Waals surface area contributed by atoms with Crippen molar-refractivity contribution < 1.29 is 13.5 Å². The molecule has 1 aliphatic rings. The fraction of sp³-hybridized carbons (Fsp3) is 0.368. The molecule has 0 heterocycles. The highest BCUT2D eigenvalue weighted by atomic mass is 35.5. The Balaban J connectivity index is 2.04. The van der Waals surface area contributed by atoms with Gasteiger partial charge in [0.2, 0.25) is 10.0 Å². The van der Waals surface area contributed by atoms with Crippen molar-refractivity contribution in [2.24, 2.45) is 0 Å². The highest BCUT2D eigenvalue weighted by Crippen LogP contribution is 2.43. The fourth-order valence-electron chi connectivity index (χ4n) is 3.62. The van der Waals surface area contributed by atoms with Gasteiger partial charge in [-0.05, 0) is 60.8 Å². The summed E-state index contributed by atoms with van der Waals surface area (Å²) in [4.78, 5) is 0.199. The Kier molecular flexibility index (Phi) is 6.46. The van der Waals surface area contributed by atoms with Crippen LogP contribution < -0.4 is 10.0 Å². The minimum atomic E-state index is -3.66. The molecule has 0 aliphatic heterocycles. The second kappa shape index (κ2) is 8.47. The van der Waals surface area contributed by atoms with Gasteiger partial charge in [0.15, 0.2) is 0 Å². The van der Waals surface area contributed by atoms with Crippen molar-refractivity contribution in [3.8, 4) is 0 Å². The average molecular weight is 429 g/mol. The molecule has 0 saturated heterocycles. The molecule has 0 radical (unpaired) electrons. The minimum absolute atomic E-state index is 0.0131. The molecule has 5 nitrogen and oxygen atoms in total. The molecule has 0 aromatic heterocycles. The Morgan fingerprint density at radius 2 is 1.85 bits per heavy atom. The van der Waals surface area contributed by atoms with E-state index in [0.29, 0.717) is 10.0 Å². The summed E-state index contributed by atoms with van der Waals surface area (Å²) >= 11 is 12.2. The SMILES string of the molecule is CNC1CC[C@@H](c2ccc(Cl)c(Cl)c2)c2ccc(S(=O)(=O)NCCO)cc21. The summed E-state index contributed by atoms with van der Waals surface area (Å²) < 4.78 is 27.3. The quantitative estimate of drug-likeness (QED) is 0.658. The molecule has 1 aliphatic carbocycles. The van der Waals surface area contributed by atoms with Gasteiger partial charge in [-0.2, -0.15) is 0 Å². The molecule has 0 spiro atoms. The molecule has 146 valence electrons. The zero-order valence-electron chi connectivity index (χ0n) is 14.9. The van der Waals surface area contributed by atoms with E-state index in [0.717, 1.165) is 29.5 Å². The maximum atomic E-state index is 12.4. The zero-order chi connectivity index (χ0) is 19.6. The second-order valence-electron chi connectivity index (χ2n) is 6.56. The van der Waals surface area contributed by atoms with Gasteiger partial charge in [0.1, 0.15) is 0 Å². The summed E-state index contributed by atoms with van der Waals surface area (Å²) in [5.41, 5.74) is 3.11. The normalized spacial score (nSPS) is 19.7. The molecule has 0 fully saturated rings. The number of rotatable bonds is 6. The van der Waals surface area contributed by atoms with Crippen LogP contribution in [0.1, 0.15) is 41.5 Å². The predicted molar refractivity (Wildman–Crippen MR) is 108 cm³/mol. The number of hydrogen-bond acceptors (Lipinski definition) is 4. The maximum Gasteiger partial charge on any atom is 0.240 e. The van der Waals surface area contributed by atoms with Crippen LogP contribution in [0.4, 0.5) is 0 Å². The maximum absolute atomic E-state index is 12.4. The summed E-state index contributed by atoms with van der Waals surface area (Å²) in [5, 5.41) is 13.2. The second-order valence-corrected chi connectivity index (χ2v) is 9.14. The monoisotopic (exact) mass is 428 g/mol. The largest absolute Gasteiger partial charge is 0.395 e. The van der Waals surface area contributed by atoms with Gasteiger partial charge in [-0.1, -0.05) is 35.3 Å². The molecule has 2 atom stereocenters. The van der Waals surface area contributed by atoms with Crippen LogP contribution in [0.5, 0.6) is 0 Å². The third kappa shape index (κ3) is 4.31. The first-order chi connectivity index (χ1) is 12.9. The highest BCUT2D eigenvalue weighted by molar-refractivity contribution is 7.89. The van der Waals surface area contributed by atoms with E-state index < -0.39 is 10.0 Å². The van der Waals surface area contributed by atoms with Gasteiger partial charge in [0, 0.05) is 18.5 Å². The Labute approximate surface area is 169 Å². The molecule has 0 amide bonds. The van der Waals surface area contributed by atoms with E-state index >= 15 is 0 Å². The van der Waals surface area contributed by atoms with Crippen molar-refractivity contribution in [1.82, 2.24) is 10.0 Å². The van der Waals surface area contributed by atoms with Gasteiger partial charge in [0.05, 0.1) is 21.5 Å². The van der Waals surface area contributed by atoms with Gasteiger partial charge in [-0.15, -0.1) is 0 Å². The highest BCUT2D eigenvalue weighted by Gasteiger charge is 2.29. The Bertz CT molecular complexity index is 935. The van der Waals surface area contributed by atoms with Crippen LogP contribution in [0.2, 0.25) is 10.0 Å². The molecule has 0 bridgehead atoms. The Morgan fingerprint density at radius 3 is 2.52 bits per heavy atom. The van der Waals surface area contributed by atoms with E-state index in [2.05, 4.69) is 10.0 Å². The number of fused-ring (bicyclic) bond motifs is 1. The first kappa shape index (κ1) is 20.6. The standard InChI is InChI=1S/C19H22Cl2N2O3S/c1-22-19-7-5-14(12-2-6-17(20)18(21)10-12)15-4-3-13(11-16(15)19)27(25,26)23-8-9-24/h2-4,6,10-11,14,19,22-24H,5,7-9H2,1H3/t14-,19?/m0/s1. The molecule has 0 saturated carbocycles. The third-order valence-corrected chi connectivity index (χ3v) is 7.16. The Hall–Kier alpha value is -1.15. The van der Waals surface area contributed by atoms with Crippen LogP contribution >= 0.6 is 23.2 Å². The molecule has 27 heavy (non-hydrogen) atoms. The van der Waals surface area contributed by atoms with Crippen LogP contribution in [-0.4, -0.2) is 33.7 Å². The van der Waals surface area contributed by atoms with Crippen molar-refractivity contribution >= 4 is 33.2 Å². The molecular formula is C19H22Cl2N2O3S. The van der Waals surface area contributed by atoms with E-state index in [1.807, 2.05) is 25.2 Å². The van der Waals surface area contributed by atoms with Gasteiger partial charge in [0.25, 0.3) is 0 Å². The topological polar surface area (TPSA) is 78.4 Å². The Morgan fingerprint density at radius 1 is 1.07 bits per heavy atom. The number of hydrogen-bond donors (Lipinski definition) is 3. The number of benzene rings is 2. The van der Waals surface area contributed by atoms with Crippen LogP contribution in [0.3, 0.4) is 0 Å². The molecule has 2 aromatic carbocycles. The lowest BCUT2D eigenvalue weighted by molar-refractivity contribution is 0.301. The lowest BCUT2D eigenvalue weighted by atomic mass is 9.77. The lowest BCUT2D eigenvalue weighted by Gasteiger charge is -2.32. The molecule has 1 unspecified atom stereocenters.